The first-order chi connectivity index (χ1) is 10.1. The summed E-state index contributed by atoms with van der Waals surface area (Å²) in [5.41, 5.74) is 0.675. The number of nitrogens with zero attached hydrogens (tertiary/aromatic N) is 2. The van der Waals surface area contributed by atoms with Gasteiger partial charge in [-0.3, -0.25) is 9.80 Å². The van der Waals surface area contributed by atoms with E-state index in [2.05, 4.69) is 11.9 Å². The quantitative estimate of drug-likeness (QED) is 0.853. The van der Waals surface area contributed by atoms with E-state index in [1.807, 2.05) is 11.1 Å². The summed E-state index contributed by atoms with van der Waals surface area (Å²) in [4.78, 5) is 12.9. The van der Waals surface area contributed by atoms with Crippen LogP contribution in [-0.4, -0.2) is 29.0 Å². The summed E-state index contributed by atoms with van der Waals surface area (Å²) in [6, 6.07) is 6.70. The molecule has 1 aliphatic carbocycles. The molecule has 0 radical (unpaired) electrons. The third kappa shape index (κ3) is 2.16. The normalized spacial score (nSPS) is 32.8. The zero-order valence-electron chi connectivity index (χ0n) is 12.4. The third-order valence-corrected chi connectivity index (χ3v) is 5.19. The lowest BCUT2D eigenvalue weighted by atomic mass is 9.84. The van der Waals surface area contributed by atoms with Gasteiger partial charge in [-0.2, -0.15) is 0 Å². The molecule has 2 heterocycles. The molecule has 2 atom stereocenters. The minimum absolute atomic E-state index is 0.00854. The van der Waals surface area contributed by atoms with E-state index in [1.54, 1.807) is 12.1 Å². The van der Waals surface area contributed by atoms with Gasteiger partial charge in [0.1, 0.15) is 5.82 Å². The number of rotatable bonds is 3. The topological polar surface area (TPSA) is 23.6 Å². The zero-order chi connectivity index (χ0) is 14.6. The second-order valence-corrected chi connectivity index (χ2v) is 7.11. The van der Waals surface area contributed by atoms with Crippen molar-refractivity contribution in [2.75, 3.05) is 13.1 Å². The lowest BCUT2D eigenvalue weighted by Crippen LogP contribution is -2.36. The second-order valence-electron chi connectivity index (χ2n) is 7.11. The summed E-state index contributed by atoms with van der Waals surface area (Å²) >= 11 is 0. The van der Waals surface area contributed by atoms with E-state index >= 15 is 0 Å². The number of hydrogen-bond donors (Lipinski definition) is 0. The van der Waals surface area contributed by atoms with Crippen LogP contribution in [0.25, 0.3) is 0 Å². The number of hydrazine groups is 1. The van der Waals surface area contributed by atoms with Crippen molar-refractivity contribution in [3.63, 3.8) is 0 Å². The van der Waals surface area contributed by atoms with Crippen molar-refractivity contribution < 1.29 is 9.18 Å². The van der Waals surface area contributed by atoms with Crippen molar-refractivity contribution in [2.45, 2.75) is 38.6 Å². The van der Waals surface area contributed by atoms with Gasteiger partial charge in [-0.15, -0.1) is 0 Å². The smallest absolute Gasteiger partial charge is 0.244 e. The fourth-order valence-corrected chi connectivity index (χ4v) is 4.00. The molecule has 2 saturated heterocycles. The van der Waals surface area contributed by atoms with Gasteiger partial charge in [0.05, 0.1) is 11.5 Å². The number of benzene rings is 1. The molecule has 1 aromatic carbocycles. The van der Waals surface area contributed by atoms with Crippen molar-refractivity contribution in [2.24, 2.45) is 11.3 Å². The van der Waals surface area contributed by atoms with Gasteiger partial charge in [-0.25, -0.2) is 9.40 Å². The number of fused-ring (bicyclic) bond motifs is 1. The van der Waals surface area contributed by atoms with Crippen LogP contribution in [0.15, 0.2) is 24.3 Å². The molecule has 1 unspecified atom stereocenters. The van der Waals surface area contributed by atoms with Crippen LogP contribution in [-0.2, 0) is 4.79 Å². The van der Waals surface area contributed by atoms with E-state index in [-0.39, 0.29) is 23.2 Å². The van der Waals surface area contributed by atoms with Gasteiger partial charge in [0.15, 0.2) is 0 Å². The number of halogens is 1. The Labute approximate surface area is 124 Å². The SMILES string of the molecule is CC1(CC2CC2)CN2CC[C@@H](c3cccc(F)c3)N2C1=O. The molecule has 3 aliphatic rings. The van der Waals surface area contributed by atoms with Crippen LogP contribution in [0.1, 0.15) is 44.2 Å². The average Bonchev–Trinajstić information content (AvgIpc) is 3.09. The summed E-state index contributed by atoms with van der Waals surface area (Å²) in [6.45, 7) is 3.83. The van der Waals surface area contributed by atoms with Crippen molar-refractivity contribution in [3.8, 4) is 0 Å². The highest BCUT2D eigenvalue weighted by atomic mass is 19.1. The Kier molecular flexibility index (Phi) is 2.86. The maximum absolute atomic E-state index is 13.5. The Hall–Kier alpha value is -1.42. The predicted octanol–water partition coefficient (Wildman–Crippen LogP) is 3.14. The predicted molar refractivity (Wildman–Crippen MR) is 77.6 cm³/mol. The Morgan fingerprint density at radius 3 is 2.86 bits per heavy atom. The molecule has 1 aromatic rings. The van der Waals surface area contributed by atoms with Crippen molar-refractivity contribution >= 4 is 5.91 Å². The molecule has 3 nitrogen and oxygen atoms in total. The number of carbonyl (C=O) groups is 1. The van der Waals surface area contributed by atoms with E-state index < -0.39 is 0 Å². The lowest BCUT2D eigenvalue weighted by molar-refractivity contribution is -0.143. The molecule has 0 N–H and O–H groups in total. The van der Waals surface area contributed by atoms with E-state index in [0.717, 1.165) is 37.4 Å². The lowest BCUT2D eigenvalue weighted by Gasteiger charge is -2.27. The molecule has 1 amide bonds. The first-order valence-corrected chi connectivity index (χ1v) is 7.91. The molecule has 3 fully saturated rings. The summed E-state index contributed by atoms with van der Waals surface area (Å²) in [6.07, 6.45) is 4.45. The molecule has 0 bridgehead atoms. The molecule has 1 saturated carbocycles. The first-order valence-electron chi connectivity index (χ1n) is 7.91. The molecular formula is C17H21FN2O. The molecule has 112 valence electrons. The van der Waals surface area contributed by atoms with Crippen LogP contribution in [0.4, 0.5) is 4.39 Å². The van der Waals surface area contributed by atoms with Crippen molar-refractivity contribution in [1.82, 2.24) is 10.0 Å². The Balaban J connectivity index is 1.61. The molecular weight excluding hydrogens is 267 g/mol. The molecule has 0 aromatic heterocycles. The maximum atomic E-state index is 13.5. The molecule has 4 heteroatoms. The summed E-state index contributed by atoms with van der Waals surface area (Å²) < 4.78 is 13.5. The summed E-state index contributed by atoms with van der Waals surface area (Å²) in [5.74, 6) is 0.757. The van der Waals surface area contributed by atoms with Crippen LogP contribution < -0.4 is 0 Å². The van der Waals surface area contributed by atoms with Crippen LogP contribution in [0.3, 0.4) is 0 Å². The highest BCUT2D eigenvalue weighted by molar-refractivity contribution is 5.85. The van der Waals surface area contributed by atoms with Gasteiger partial charge >= 0.3 is 0 Å². The van der Waals surface area contributed by atoms with Crippen molar-refractivity contribution in [1.29, 1.82) is 0 Å². The monoisotopic (exact) mass is 288 g/mol. The van der Waals surface area contributed by atoms with Gasteiger partial charge in [0.25, 0.3) is 0 Å². The fraction of sp³-hybridized carbons (Fsp3) is 0.588. The van der Waals surface area contributed by atoms with Crippen LogP contribution in [0, 0.1) is 17.2 Å². The van der Waals surface area contributed by atoms with Crippen LogP contribution in [0.2, 0.25) is 0 Å². The second kappa shape index (κ2) is 4.54. The number of carbonyl (C=O) groups excluding carboxylic acids is 1. The van der Waals surface area contributed by atoms with Crippen molar-refractivity contribution in [3.05, 3.63) is 35.6 Å². The third-order valence-electron chi connectivity index (χ3n) is 5.19. The van der Waals surface area contributed by atoms with E-state index in [9.17, 15) is 9.18 Å². The van der Waals surface area contributed by atoms with Crippen LogP contribution in [0.5, 0.6) is 0 Å². The van der Waals surface area contributed by atoms with Gasteiger partial charge in [0.2, 0.25) is 5.91 Å². The van der Waals surface area contributed by atoms with Gasteiger partial charge in [0, 0.05) is 13.1 Å². The molecule has 21 heavy (non-hydrogen) atoms. The largest absolute Gasteiger partial charge is 0.273 e. The molecule has 2 aliphatic heterocycles. The van der Waals surface area contributed by atoms with Gasteiger partial charge in [-0.05, 0) is 43.4 Å². The van der Waals surface area contributed by atoms with Gasteiger partial charge < -0.3 is 0 Å². The first kappa shape index (κ1) is 13.3. The molecule has 0 spiro atoms. The minimum atomic E-state index is -0.243. The highest BCUT2D eigenvalue weighted by Gasteiger charge is 2.54. The highest BCUT2D eigenvalue weighted by Crippen LogP contribution is 2.48. The fourth-order valence-electron chi connectivity index (χ4n) is 4.00. The zero-order valence-corrected chi connectivity index (χ0v) is 12.4. The molecule has 4 rings (SSSR count). The average molecular weight is 288 g/mol. The maximum Gasteiger partial charge on any atom is 0.244 e. The van der Waals surface area contributed by atoms with E-state index in [1.165, 1.54) is 18.9 Å². The Bertz CT molecular complexity index is 586. The van der Waals surface area contributed by atoms with Gasteiger partial charge in [-0.1, -0.05) is 25.0 Å². The number of amides is 1. The number of hydrogen-bond acceptors (Lipinski definition) is 2. The van der Waals surface area contributed by atoms with E-state index in [4.69, 9.17) is 0 Å². The standard InChI is InChI=1S/C17H21FN2O/c1-17(10-12-5-6-12)11-19-8-7-15(20(19)16(17)21)13-3-2-4-14(18)9-13/h2-4,9,12,15H,5-8,10-11H2,1H3/t15-,17?/m0/s1. The summed E-state index contributed by atoms with van der Waals surface area (Å²) in [7, 11) is 0. The Morgan fingerprint density at radius 2 is 2.14 bits per heavy atom. The Morgan fingerprint density at radius 1 is 1.33 bits per heavy atom. The van der Waals surface area contributed by atoms with E-state index in [0.29, 0.717) is 0 Å². The van der Waals surface area contributed by atoms with Crippen LogP contribution >= 0.6 is 0 Å². The minimum Gasteiger partial charge on any atom is -0.273 e. The summed E-state index contributed by atoms with van der Waals surface area (Å²) in [5, 5.41) is 4.09.